The minimum absolute atomic E-state index is 0.192. The summed E-state index contributed by atoms with van der Waals surface area (Å²) in [5, 5.41) is 6.84. The maximum absolute atomic E-state index is 12.5. The molecule has 0 spiro atoms. The SMILES string of the molecule is COc1cc(C(=O)NCC(OC)c2ccsc2)cc(OC)c1OC. The molecule has 0 aliphatic carbocycles. The molecule has 1 atom stereocenters. The third-order valence-electron chi connectivity index (χ3n) is 3.57. The molecule has 7 heteroatoms. The number of ether oxygens (including phenoxy) is 4. The number of benzene rings is 1. The summed E-state index contributed by atoms with van der Waals surface area (Å²) in [7, 11) is 6.16. The molecule has 1 N–H and O–H groups in total. The van der Waals surface area contributed by atoms with Crippen LogP contribution in [0.2, 0.25) is 0 Å². The molecule has 0 saturated heterocycles. The molecule has 1 heterocycles. The lowest BCUT2D eigenvalue weighted by atomic mass is 10.1. The third kappa shape index (κ3) is 3.98. The van der Waals surface area contributed by atoms with Crippen LogP contribution in [-0.2, 0) is 4.74 Å². The molecule has 2 rings (SSSR count). The van der Waals surface area contributed by atoms with Gasteiger partial charge in [-0.25, -0.2) is 0 Å². The molecule has 0 bridgehead atoms. The molecule has 0 radical (unpaired) electrons. The zero-order chi connectivity index (χ0) is 17.5. The Bertz CT molecular complexity index is 647. The van der Waals surface area contributed by atoms with Crippen LogP contribution < -0.4 is 19.5 Å². The summed E-state index contributed by atoms with van der Waals surface area (Å²) in [5.74, 6) is 1.07. The quantitative estimate of drug-likeness (QED) is 0.792. The summed E-state index contributed by atoms with van der Waals surface area (Å²) in [6.07, 6.45) is -0.192. The average molecular weight is 351 g/mol. The fourth-order valence-electron chi connectivity index (χ4n) is 2.30. The predicted molar refractivity (Wildman–Crippen MR) is 92.5 cm³/mol. The zero-order valence-electron chi connectivity index (χ0n) is 14.1. The van der Waals surface area contributed by atoms with Crippen molar-refractivity contribution in [1.29, 1.82) is 0 Å². The van der Waals surface area contributed by atoms with Crippen LogP contribution in [0.5, 0.6) is 17.2 Å². The van der Waals surface area contributed by atoms with E-state index in [0.29, 0.717) is 29.4 Å². The molecule has 0 saturated carbocycles. The van der Waals surface area contributed by atoms with Gasteiger partial charge in [-0.1, -0.05) is 0 Å². The van der Waals surface area contributed by atoms with Crippen molar-refractivity contribution < 1.29 is 23.7 Å². The number of amides is 1. The molecule has 1 aromatic heterocycles. The van der Waals surface area contributed by atoms with Crippen molar-refractivity contribution in [3.8, 4) is 17.2 Å². The van der Waals surface area contributed by atoms with Gasteiger partial charge in [0, 0.05) is 19.2 Å². The highest BCUT2D eigenvalue weighted by atomic mass is 32.1. The van der Waals surface area contributed by atoms with Crippen LogP contribution in [-0.4, -0.2) is 40.9 Å². The molecule has 6 nitrogen and oxygen atoms in total. The highest BCUT2D eigenvalue weighted by Crippen LogP contribution is 2.38. The maximum atomic E-state index is 12.5. The maximum Gasteiger partial charge on any atom is 0.251 e. The van der Waals surface area contributed by atoms with E-state index in [-0.39, 0.29) is 12.0 Å². The van der Waals surface area contributed by atoms with Crippen LogP contribution in [0.4, 0.5) is 0 Å². The molecule has 1 unspecified atom stereocenters. The fourth-order valence-corrected chi connectivity index (χ4v) is 3.00. The Labute approximate surface area is 145 Å². The second-order valence-corrected chi connectivity index (χ2v) is 5.69. The number of hydrogen-bond donors (Lipinski definition) is 1. The van der Waals surface area contributed by atoms with Crippen molar-refractivity contribution in [3.05, 3.63) is 40.1 Å². The molecule has 0 aliphatic heterocycles. The third-order valence-corrected chi connectivity index (χ3v) is 4.28. The normalized spacial score (nSPS) is 11.7. The summed E-state index contributed by atoms with van der Waals surface area (Å²) >= 11 is 1.59. The second kappa shape index (κ2) is 8.56. The highest BCUT2D eigenvalue weighted by molar-refractivity contribution is 7.07. The Balaban J connectivity index is 2.14. The van der Waals surface area contributed by atoms with E-state index in [9.17, 15) is 4.79 Å². The fraction of sp³-hybridized carbons (Fsp3) is 0.353. The Morgan fingerprint density at radius 3 is 2.25 bits per heavy atom. The van der Waals surface area contributed by atoms with Gasteiger partial charge in [0.2, 0.25) is 5.75 Å². The van der Waals surface area contributed by atoms with Gasteiger partial charge in [-0.05, 0) is 34.5 Å². The van der Waals surface area contributed by atoms with Crippen molar-refractivity contribution in [3.63, 3.8) is 0 Å². The zero-order valence-corrected chi connectivity index (χ0v) is 14.9. The summed E-state index contributed by atoms with van der Waals surface area (Å²) in [4.78, 5) is 12.5. The Morgan fingerprint density at radius 1 is 1.12 bits per heavy atom. The van der Waals surface area contributed by atoms with Gasteiger partial charge in [0.25, 0.3) is 5.91 Å². The van der Waals surface area contributed by atoms with Crippen LogP contribution in [0.15, 0.2) is 29.0 Å². The highest BCUT2D eigenvalue weighted by Gasteiger charge is 2.18. The molecule has 2 aromatic rings. The van der Waals surface area contributed by atoms with Gasteiger partial charge >= 0.3 is 0 Å². The van der Waals surface area contributed by atoms with E-state index >= 15 is 0 Å². The predicted octanol–water partition coefficient (Wildman–Crippen LogP) is 2.89. The van der Waals surface area contributed by atoms with Gasteiger partial charge in [0.15, 0.2) is 11.5 Å². The van der Waals surface area contributed by atoms with E-state index < -0.39 is 0 Å². The van der Waals surface area contributed by atoms with Crippen molar-refractivity contribution >= 4 is 17.2 Å². The first-order valence-electron chi connectivity index (χ1n) is 7.27. The summed E-state index contributed by atoms with van der Waals surface area (Å²) in [6.45, 7) is 0.364. The van der Waals surface area contributed by atoms with Crippen molar-refractivity contribution in [2.45, 2.75) is 6.10 Å². The van der Waals surface area contributed by atoms with E-state index in [1.807, 2.05) is 16.8 Å². The van der Waals surface area contributed by atoms with Gasteiger partial charge in [-0.3, -0.25) is 4.79 Å². The van der Waals surface area contributed by atoms with E-state index in [1.165, 1.54) is 21.3 Å². The minimum atomic E-state index is -0.244. The lowest BCUT2D eigenvalue weighted by molar-refractivity contribution is 0.0828. The van der Waals surface area contributed by atoms with Gasteiger partial charge in [-0.2, -0.15) is 11.3 Å². The van der Waals surface area contributed by atoms with E-state index in [1.54, 1.807) is 30.6 Å². The Hall–Kier alpha value is -2.25. The number of carbonyl (C=O) groups is 1. The van der Waals surface area contributed by atoms with Gasteiger partial charge < -0.3 is 24.3 Å². The number of rotatable bonds is 8. The first kappa shape index (κ1) is 18.1. The topological polar surface area (TPSA) is 66.0 Å². The summed E-state index contributed by atoms with van der Waals surface area (Å²) in [5.41, 5.74) is 1.46. The minimum Gasteiger partial charge on any atom is -0.493 e. The van der Waals surface area contributed by atoms with Crippen LogP contribution in [0.1, 0.15) is 22.0 Å². The van der Waals surface area contributed by atoms with Crippen molar-refractivity contribution in [1.82, 2.24) is 5.32 Å². The van der Waals surface area contributed by atoms with Crippen LogP contribution in [0.3, 0.4) is 0 Å². The average Bonchev–Trinajstić information content (AvgIpc) is 3.15. The summed E-state index contributed by atoms with van der Waals surface area (Å²) < 4.78 is 21.2. The van der Waals surface area contributed by atoms with Gasteiger partial charge in [0.05, 0.1) is 21.3 Å². The smallest absolute Gasteiger partial charge is 0.251 e. The van der Waals surface area contributed by atoms with E-state index in [0.717, 1.165) is 5.56 Å². The Kier molecular flexibility index (Phi) is 6.45. The second-order valence-electron chi connectivity index (χ2n) is 4.91. The monoisotopic (exact) mass is 351 g/mol. The number of methoxy groups -OCH3 is 4. The van der Waals surface area contributed by atoms with Gasteiger partial charge in [0.1, 0.15) is 6.10 Å². The molecular weight excluding hydrogens is 330 g/mol. The summed E-state index contributed by atoms with van der Waals surface area (Å²) in [6, 6.07) is 5.20. The first-order valence-corrected chi connectivity index (χ1v) is 8.22. The lowest BCUT2D eigenvalue weighted by Gasteiger charge is -2.16. The standard InChI is InChI=1S/C17H21NO5S/c1-20-13-7-12(8-14(21-2)16(13)23-4)17(19)18-9-15(22-3)11-5-6-24-10-11/h5-8,10,15H,9H2,1-4H3,(H,18,19). The largest absolute Gasteiger partial charge is 0.493 e. The molecule has 1 amide bonds. The van der Waals surface area contributed by atoms with Crippen molar-refractivity contribution in [2.75, 3.05) is 35.0 Å². The van der Waals surface area contributed by atoms with E-state index in [2.05, 4.69) is 5.32 Å². The van der Waals surface area contributed by atoms with Gasteiger partial charge in [-0.15, -0.1) is 0 Å². The number of carbonyl (C=O) groups excluding carboxylic acids is 1. The lowest BCUT2D eigenvalue weighted by Crippen LogP contribution is -2.29. The molecule has 0 aliphatic rings. The molecule has 130 valence electrons. The molecule has 24 heavy (non-hydrogen) atoms. The Morgan fingerprint density at radius 2 is 1.79 bits per heavy atom. The molecular formula is C17H21NO5S. The van der Waals surface area contributed by atoms with E-state index in [4.69, 9.17) is 18.9 Å². The number of thiophene rings is 1. The number of hydrogen-bond acceptors (Lipinski definition) is 6. The van der Waals surface area contributed by atoms with Crippen LogP contribution >= 0.6 is 11.3 Å². The van der Waals surface area contributed by atoms with Crippen LogP contribution in [0, 0.1) is 0 Å². The van der Waals surface area contributed by atoms with Crippen LogP contribution in [0.25, 0.3) is 0 Å². The van der Waals surface area contributed by atoms with Crippen molar-refractivity contribution in [2.24, 2.45) is 0 Å². The first-order chi connectivity index (χ1) is 11.6. The molecule has 0 fully saturated rings. The number of nitrogens with one attached hydrogen (secondary N) is 1. The molecule has 1 aromatic carbocycles.